The molecule has 2 saturated carbocycles. The van der Waals surface area contributed by atoms with Crippen LogP contribution in [0.5, 0.6) is 0 Å². The number of nitrogens with two attached hydrogens (primary N) is 1. The fraction of sp³-hybridized carbons (Fsp3) is 0.462. The average Bonchev–Trinajstić information content (AvgIpc) is 3.43. The van der Waals surface area contributed by atoms with Crippen molar-refractivity contribution in [2.45, 2.75) is 43.8 Å². The van der Waals surface area contributed by atoms with Gasteiger partial charge in [0.15, 0.2) is 0 Å². The number of hydrogen-bond acceptors (Lipinski definition) is 4. The van der Waals surface area contributed by atoms with Gasteiger partial charge in [0.1, 0.15) is 11.7 Å². The number of ether oxygens (including phenoxy) is 2. The summed E-state index contributed by atoms with van der Waals surface area (Å²) in [7, 11) is 0. The Hall–Kier alpha value is -0.470. The zero-order valence-corrected chi connectivity index (χ0v) is 25.1. The van der Waals surface area contributed by atoms with Crippen molar-refractivity contribution in [3.8, 4) is 0 Å². The molecule has 0 amide bonds. The fourth-order valence-electron chi connectivity index (χ4n) is 5.96. The first-order valence-electron chi connectivity index (χ1n) is 11.8. The van der Waals surface area contributed by atoms with Gasteiger partial charge in [-0.15, -0.1) is 0 Å². The highest BCUT2D eigenvalue weighted by atomic mass is 127. The van der Waals surface area contributed by atoms with Crippen molar-refractivity contribution >= 4 is 79.7 Å². The maximum absolute atomic E-state index is 13.4. The molecule has 2 aromatic rings. The summed E-state index contributed by atoms with van der Waals surface area (Å²) in [4.78, 5) is 26.4. The minimum absolute atomic E-state index is 0.0651. The van der Waals surface area contributed by atoms with Crippen LogP contribution in [0.4, 0.5) is 0 Å². The van der Waals surface area contributed by atoms with E-state index in [-0.39, 0.29) is 35.8 Å². The second-order valence-corrected chi connectivity index (χ2v) is 13.2. The van der Waals surface area contributed by atoms with Gasteiger partial charge in [0.2, 0.25) is 0 Å². The van der Waals surface area contributed by atoms with Crippen molar-refractivity contribution in [3.05, 3.63) is 64.3 Å². The van der Waals surface area contributed by atoms with Crippen LogP contribution in [-0.2, 0) is 19.9 Å². The quantitative estimate of drug-likeness (QED) is 0.267. The Morgan fingerprint density at radius 1 is 0.941 bits per heavy atom. The second kappa shape index (κ2) is 10.5. The number of hydrogen-bond donors (Lipinski definition) is 1. The first-order chi connectivity index (χ1) is 16.4. The van der Waals surface area contributed by atoms with Crippen LogP contribution in [0.25, 0.3) is 0 Å². The van der Waals surface area contributed by atoms with Crippen LogP contribution in [0.2, 0.25) is 0 Å². The Labute approximate surface area is 240 Å². The summed E-state index contributed by atoms with van der Waals surface area (Å²) in [6.45, 7) is 1.93. The number of esters is 2. The SMILES string of the molecule is O=C(OC1CC2CC1CC2C(=O)OC1(c2ccccc2)CC[NH2+]CC1)c1cc(I)cc(I)c1I. The Morgan fingerprint density at radius 2 is 1.68 bits per heavy atom. The number of halogens is 3. The van der Waals surface area contributed by atoms with Crippen LogP contribution in [0.15, 0.2) is 42.5 Å². The van der Waals surface area contributed by atoms with E-state index < -0.39 is 5.60 Å². The maximum atomic E-state index is 13.4. The van der Waals surface area contributed by atoms with Gasteiger partial charge < -0.3 is 14.8 Å². The molecule has 1 aliphatic heterocycles. The summed E-state index contributed by atoms with van der Waals surface area (Å²) >= 11 is 6.70. The van der Waals surface area contributed by atoms with E-state index in [0.717, 1.165) is 61.5 Å². The van der Waals surface area contributed by atoms with E-state index in [0.29, 0.717) is 5.56 Å². The zero-order valence-electron chi connectivity index (χ0n) is 18.6. The van der Waals surface area contributed by atoms with Crippen LogP contribution >= 0.6 is 67.8 Å². The van der Waals surface area contributed by atoms with Gasteiger partial charge in [-0.3, -0.25) is 4.79 Å². The van der Waals surface area contributed by atoms with Crippen LogP contribution in [0.3, 0.4) is 0 Å². The second-order valence-electron chi connectivity index (χ2n) is 9.67. The summed E-state index contributed by atoms with van der Waals surface area (Å²) in [6.07, 6.45) is 4.01. The third-order valence-corrected chi connectivity index (χ3v) is 11.3. The number of carbonyl (C=O) groups excluding carboxylic acids is 2. The third kappa shape index (κ3) is 5.02. The topological polar surface area (TPSA) is 69.2 Å². The number of fused-ring (bicyclic) bond motifs is 2. The monoisotopic (exact) mass is 798 g/mol. The molecule has 0 spiro atoms. The van der Waals surface area contributed by atoms with Crippen molar-refractivity contribution in [2.75, 3.05) is 13.1 Å². The van der Waals surface area contributed by atoms with E-state index in [1.54, 1.807) is 0 Å². The van der Waals surface area contributed by atoms with E-state index >= 15 is 0 Å². The van der Waals surface area contributed by atoms with Crippen LogP contribution in [-0.4, -0.2) is 31.1 Å². The number of quaternary nitrogens is 1. The van der Waals surface area contributed by atoms with Crippen molar-refractivity contribution in [1.82, 2.24) is 0 Å². The lowest BCUT2D eigenvalue weighted by molar-refractivity contribution is -0.668. The summed E-state index contributed by atoms with van der Waals surface area (Å²) in [6, 6.07) is 14.2. The van der Waals surface area contributed by atoms with E-state index in [9.17, 15) is 9.59 Å². The van der Waals surface area contributed by atoms with Gasteiger partial charge in [0, 0.05) is 23.6 Å². The van der Waals surface area contributed by atoms with Crippen molar-refractivity contribution in [1.29, 1.82) is 0 Å². The zero-order chi connectivity index (χ0) is 23.9. The molecule has 3 fully saturated rings. The lowest BCUT2D eigenvalue weighted by Crippen LogP contribution is -2.87. The summed E-state index contributed by atoms with van der Waals surface area (Å²) in [5.74, 6) is 0.0562. The van der Waals surface area contributed by atoms with Crippen LogP contribution in [0.1, 0.15) is 48.0 Å². The molecule has 8 heteroatoms. The molecule has 2 aliphatic carbocycles. The van der Waals surface area contributed by atoms with Gasteiger partial charge in [0.05, 0.1) is 24.6 Å². The van der Waals surface area contributed by atoms with Crippen LogP contribution in [0, 0.1) is 28.5 Å². The summed E-state index contributed by atoms with van der Waals surface area (Å²) < 4.78 is 15.4. The lowest BCUT2D eigenvalue weighted by atomic mass is 9.83. The Balaban J connectivity index is 1.24. The van der Waals surface area contributed by atoms with E-state index in [1.165, 1.54) is 0 Å². The van der Waals surface area contributed by atoms with E-state index in [2.05, 4.69) is 91.3 Å². The smallest absolute Gasteiger partial charge is 0.339 e. The summed E-state index contributed by atoms with van der Waals surface area (Å²) in [5.41, 5.74) is 1.22. The predicted octanol–water partition coefficient (Wildman–Crippen LogP) is 4.87. The van der Waals surface area contributed by atoms with Gasteiger partial charge in [-0.1, -0.05) is 30.3 Å². The molecule has 5 rings (SSSR count). The fourth-order valence-corrected chi connectivity index (χ4v) is 8.34. The molecular weight excluding hydrogens is 771 g/mol. The standard InChI is InChI=1S/C26H26I3NO4/c27-18-13-20(23(29)21(28)14-18)24(31)33-22-12-15-10-16(22)11-19(15)25(32)34-26(6-8-30-9-7-26)17-4-2-1-3-5-17/h1-5,13-16,19,22,30H,6-12H2/p+1. The van der Waals surface area contributed by atoms with Gasteiger partial charge in [-0.2, -0.15) is 0 Å². The highest BCUT2D eigenvalue weighted by Gasteiger charge is 2.52. The van der Waals surface area contributed by atoms with Gasteiger partial charge in [-0.25, -0.2) is 4.79 Å². The molecule has 4 unspecified atom stereocenters. The Kier molecular flexibility index (Phi) is 7.77. The van der Waals surface area contributed by atoms with Crippen molar-refractivity contribution in [3.63, 3.8) is 0 Å². The number of carbonyl (C=O) groups is 2. The highest BCUT2D eigenvalue weighted by molar-refractivity contribution is 14.1. The molecule has 2 bridgehead atoms. The molecule has 1 heterocycles. The first-order valence-corrected chi connectivity index (χ1v) is 15.1. The van der Waals surface area contributed by atoms with Crippen LogP contribution < -0.4 is 5.32 Å². The average molecular weight is 798 g/mol. The highest BCUT2D eigenvalue weighted by Crippen LogP contribution is 2.51. The van der Waals surface area contributed by atoms with Gasteiger partial charge >= 0.3 is 11.9 Å². The normalized spacial score (nSPS) is 27.4. The lowest BCUT2D eigenvalue weighted by Gasteiger charge is -2.38. The van der Waals surface area contributed by atoms with E-state index in [1.807, 2.05) is 24.3 Å². The molecule has 180 valence electrons. The third-order valence-electron chi connectivity index (χ3n) is 7.67. The Morgan fingerprint density at radius 3 is 2.35 bits per heavy atom. The first kappa shape index (κ1) is 25.2. The molecule has 5 nitrogen and oxygen atoms in total. The van der Waals surface area contributed by atoms with E-state index in [4.69, 9.17) is 9.47 Å². The molecular formula is C26H27I3NO4+. The largest absolute Gasteiger partial charge is 0.458 e. The minimum Gasteiger partial charge on any atom is -0.458 e. The molecule has 4 atom stereocenters. The maximum Gasteiger partial charge on any atom is 0.339 e. The van der Waals surface area contributed by atoms with Crippen molar-refractivity contribution < 1.29 is 24.4 Å². The number of benzene rings is 2. The molecule has 2 N–H and O–H groups in total. The molecule has 34 heavy (non-hydrogen) atoms. The minimum atomic E-state index is -0.515. The van der Waals surface area contributed by atoms with Gasteiger partial charge in [0.25, 0.3) is 0 Å². The van der Waals surface area contributed by atoms with Gasteiger partial charge in [-0.05, 0) is 117 Å². The molecule has 0 radical (unpaired) electrons. The predicted molar refractivity (Wildman–Crippen MR) is 153 cm³/mol. The van der Waals surface area contributed by atoms with Crippen molar-refractivity contribution in [2.24, 2.45) is 17.8 Å². The molecule has 2 aromatic carbocycles. The number of piperidine rings is 1. The molecule has 1 saturated heterocycles. The molecule has 0 aromatic heterocycles. The molecule has 3 aliphatic rings. The number of rotatable bonds is 5. The Bertz CT molecular complexity index is 1090. The summed E-state index contributed by atoms with van der Waals surface area (Å²) in [5, 5.41) is 2.29.